The lowest BCUT2D eigenvalue weighted by Gasteiger charge is -1.90. The number of carboxylic acid groups (broad SMARTS) is 1. The Balaban J connectivity index is 3.08. The Morgan fingerprint density at radius 2 is 2.44 bits per heavy atom. The number of aromatic carboxylic acids is 1. The first-order chi connectivity index (χ1) is 4.22. The molecule has 0 saturated carbocycles. The smallest absolute Gasteiger partial charge is 0.353 e. The van der Waals surface area contributed by atoms with E-state index in [1.807, 2.05) is 0 Å². The lowest BCUT2D eigenvalue weighted by atomic mass is 10.4. The zero-order valence-corrected chi connectivity index (χ0v) is 6.00. The van der Waals surface area contributed by atoms with Crippen molar-refractivity contribution in [2.45, 2.75) is 0 Å². The molecule has 0 aliphatic rings. The van der Waals surface area contributed by atoms with Crippen LogP contribution in [-0.4, -0.2) is 14.7 Å². The van der Waals surface area contributed by atoms with E-state index in [0.29, 0.717) is 0 Å². The summed E-state index contributed by atoms with van der Waals surface area (Å²) < 4.78 is 1.37. The van der Waals surface area contributed by atoms with Gasteiger partial charge in [-0.3, -0.25) is 3.59 Å². The molecule has 0 saturated heterocycles. The Labute approximate surface area is 60.2 Å². The maximum Gasteiger partial charge on any atom is 0.353 e. The van der Waals surface area contributed by atoms with Crippen LogP contribution in [0.2, 0.25) is 0 Å². The van der Waals surface area contributed by atoms with Gasteiger partial charge in [0.25, 0.3) is 0 Å². The second kappa shape index (κ2) is 2.23. The maximum absolute atomic E-state index is 10.2. The molecule has 0 radical (unpaired) electrons. The van der Waals surface area contributed by atoms with Crippen molar-refractivity contribution in [1.29, 1.82) is 0 Å². The summed E-state index contributed by atoms with van der Waals surface area (Å²) in [5, 5.41) is 8.40. The van der Waals surface area contributed by atoms with E-state index in [1.54, 1.807) is 12.3 Å². The third-order valence-corrected chi connectivity index (χ3v) is 1.54. The van der Waals surface area contributed by atoms with Crippen molar-refractivity contribution in [1.82, 2.24) is 3.59 Å². The summed E-state index contributed by atoms with van der Waals surface area (Å²) in [6.45, 7) is 0. The van der Waals surface area contributed by atoms with Crippen molar-refractivity contribution in [3.63, 3.8) is 0 Å². The number of carbonyl (C=O) groups is 1. The van der Waals surface area contributed by atoms with Crippen molar-refractivity contribution in [2.24, 2.45) is 0 Å². The fourth-order valence-electron chi connectivity index (χ4n) is 0.524. The van der Waals surface area contributed by atoms with Gasteiger partial charge in [-0.25, -0.2) is 4.79 Å². The quantitative estimate of drug-likeness (QED) is 0.725. The number of rotatable bonds is 1. The third-order valence-electron chi connectivity index (χ3n) is 0.920. The molecule has 4 heteroatoms. The average molecular weight is 190 g/mol. The molecule has 1 rings (SSSR count). The second-order valence-corrected chi connectivity index (χ2v) is 2.27. The van der Waals surface area contributed by atoms with Gasteiger partial charge in [0.2, 0.25) is 0 Å². The van der Waals surface area contributed by atoms with Gasteiger partial charge in [0.1, 0.15) is 5.69 Å². The van der Waals surface area contributed by atoms with Crippen LogP contribution in [0.15, 0.2) is 18.3 Å². The summed E-state index contributed by atoms with van der Waals surface area (Å²) in [6.07, 6.45) is 1.61. The first-order valence-electron chi connectivity index (χ1n) is 2.28. The molecule has 0 spiro atoms. The van der Waals surface area contributed by atoms with E-state index in [9.17, 15) is 4.79 Å². The summed E-state index contributed by atoms with van der Waals surface area (Å²) in [4.78, 5) is 10.2. The van der Waals surface area contributed by atoms with E-state index in [2.05, 4.69) is 16.1 Å². The van der Waals surface area contributed by atoms with Crippen LogP contribution in [0.4, 0.5) is 0 Å². The van der Waals surface area contributed by atoms with Crippen molar-refractivity contribution in [2.75, 3.05) is 0 Å². The number of hydrogen-bond donors (Lipinski definition) is 1. The van der Waals surface area contributed by atoms with Gasteiger partial charge < -0.3 is 5.11 Å². The van der Waals surface area contributed by atoms with Gasteiger partial charge >= 0.3 is 5.97 Å². The van der Waals surface area contributed by atoms with Crippen LogP contribution >= 0.6 is 16.1 Å². The van der Waals surface area contributed by atoms with E-state index < -0.39 is 5.97 Å². The van der Waals surface area contributed by atoms with Gasteiger partial charge in [0.05, 0.1) is 16.1 Å². The Morgan fingerprint density at radius 1 is 1.78 bits per heavy atom. The highest BCUT2D eigenvalue weighted by Crippen LogP contribution is 2.04. The van der Waals surface area contributed by atoms with Gasteiger partial charge in [-0.1, -0.05) is 0 Å². The third kappa shape index (κ3) is 1.13. The van der Waals surface area contributed by atoms with Crippen LogP contribution in [0.5, 0.6) is 0 Å². The molecule has 3 nitrogen and oxygen atoms in total. The average Bonchev–Trinajstić information content (AvgIpc) is 2.13. The second-order valence-electron chi connectivity index (χ2n) is 1.51. The summed E-state index contributed by atoms with van der Waals surface area (Å²) in [5.41, 5.74) is 0.231. The number of halogens is 1. The zero-order chi connectivity index (χ0) is 6.85. The van der Waals surface area contributed by atoms with Gasteiger partial charge in [-0.15, -0.1) is 0 Å². The molecule has 1 aromatic heterocycles. The number of carboxylic acids is 1. The minimum absolute atomic E-state index is 0.231. The number of aromatic nitrogens is 1. The van der Waals surface area contributed by atoms with E-state index in [0.717, 1.165) is 0 Å². The lowest BCUT2D eigenvalue weighted by Crippen LogP contribution is -1.98. The predicted molar refractivity (Wildman–Crippen MR) is 35.7 cm³/mol. The zero-order valence-electron chi connectivity index (χ0n) is 4.41. The van der Waals surface area contributed by atoms with E-state index in [1.165, 1.54) is 9.66 Å². The summed E-state index contributed by atoms with van der Waals surface area (Å²) in [6, 6.07) is 3.16. The van der Waals surface area contributed by atoms with Gasteiger partial charge in [-0.05, 0) is 12.1 Å². The molecule has 0 aliphatic heterocycles. The molecule has 0 bridgehead atoms. The first kappa shape index (κ1) is 6.35. The molecular formula is C5H4BrNO2. The van der Waals surface area contributed by atoms with Crippen LogP contribution in [0, 0.1) is 0 Å². The normalized spacial score (nSPS) is 9.44. The molecule has 9 heavy (non-hydrogen) atoms. The van der Waals surface area contributed by atoms with Crippen LogP contribution in [0.1, 0.15) is 10.5 Å². The molecule has 0 aliphatic carbocycles. The van der Waals surface area contributed by atoms with Gasteiger partial charge in [-0.2, -0.15) is 0 Å². The van der Waals surface area contributed by atoms with E-state index in [-0.39, 0.29) is 5.69 Å². The minimum Gasteiger partial charge on any atom is -0.477 e. The molecule has 48 valence electrons. The number of nitrogens with zero attached hydrogens (tertiary/aromatic N) is 1. The Hall–Kier alpha value is -0.770. The fraction of sp³-hybridized carbons (Fsp3) is 0. The molecule has 0 unspecified atom stereocenters. The highest BCUT2D eigenvalue weighted by atomic mass is 79.9. The molecule has 1 aromatic rings. The topological polar surface area (TPSA) is 42.2 Å². The number of hydrogen-bond acceptors (Lipinski definition) is 1. The molecule has 0 fully saturated rings. The monoisotopic (exact) mass is 189 g/mol. The Kier molecular flexibility index (Phi) is 1.57. The SMILES string of the molecule is O=C(O)c1cccn1Br. The Morgan fingerprint density at radius 3 is 2.67 bits per heavy atom. The summed E-state index contributed by atoms with van der Waals surface area (Å²) >= 11 is 3.00. The standard InChI is InChI=1S/C5H4BrNO2/c6-7-3-1-2-4(7)5(8)9/h1-3H,(H,8,9). The summed E-state index contributed by atoms with van der Waals surface area (Å²) in [5.74, 6) is -0.933. The lowest BCUT2D eigenvalue weighted by molar-refractivity contribution is 0.0690. The molecule has 1 N–H and O–H groups in total. The van der Waals surface area contributed by atoms with Gasteiger partial charge in [0.15, 0.2) is 0 Å². The largest absolute Gasteiger partial charge is 0.477 e. The highest BCUT2D eigenvalue weighted by molar-refractivity contribution is 9.08. The van der Waals surface area contributed by atoms with Crippen molar-refractivity contribution < 1.29 is 9.90 Å². The van der Waals surface area contributed by atoms with Crippen molar-refractivity contribution >= 4 is 22.1 Å². The Bertz CT molecular complexity index is 231. The predicted octanol–water partition coefficient (Wildman–Crippen LogP) is 1.34. The maximum atomic E-state index is 10.2. The fourth-order valence-corrected chi connectivity index (χ4v) is 0.930. The van der Waals surface area contributed by atoms with Crippen LogP contribution in [0.3, 0.4) is 0 Å². The highest BCUT2D eigenvalue weighted by Gasteiger charge is 2.04. The molecular weight excluding hydrogens is 186 g/mol. The van der Waals surface area contributed by atoms with Crippen LogP contribution < -0.4 is 0 Å². The van der Waals surface area contributed by atoms with Crippen molar-refractivity contribution in [3.05, 3.63) is 24.0 Å². The molecule has 0 aromatic carbocycles. The van der Waals surface area contributed by atoms with Gasteiger partial charge in [0, 0.05) is 6.20 Å². The molecule has 0 atom stereocenters. The van der Waals surface area contributed by atoms with E-state index >= 15 is 0 Å². The van der Waals surface area contributed by atoms with Crippen molar-refractivity contribution in [3.8, 4) is 0 Å². The minimum atomic E-state index is -0.933. The first-order valence-corrected chi connectivity index (χ1v) is 2.99. The summed E-state index contributed by atoms with van der Waals surface area (Å²) in [7, 11) is 0. The van der Waals surface area contributed by atoms with E-state index in [4.69, 9.17) is 5.11 Å². The van der Waals surface area contributed by atoms with Crippen LogP contribution in [-0.2, 0) is 0 Å². The van der Waals surface area contributed by atoms with Crippen LogP contribution in [0.25, 0.3) is 0 Å². The molecule has 1 heterocycles. The molecule has 0 amide bonds.